The summed E-state index contributed by atoms with van der Waals surface area (Å²) in [4.78, 5) is 20.6. The minimum atomic E-state index is -0.723. The number of aldehydes is 1. The van der Waals surface area contributed by atoms with Gasteiger partial charge in [-0.15, -0.1) is 0 Å². The highest BCUT2D eigenvalue weighted by Crippen LogP contribution is 2.14. The second kappa shape index (κ2) is 8.21. The molecule has 3 heteroatoms. The normalized spacial score (nSPS) is 13.6. The van der Waals surface area contributed by atoms with Gasteiger partial charge in [-0.2, -0.15) is 0 Å². The van der Waals surface area contributed by atoms with Crippen LogP contribution in [-0.2, 0) is 9.59 Å². The van der Waals surface area contributed by atoms with Crippen LogP contribution in [0.1, 0.15) is 46.0 Å². The van der Waals surface area contributed by atoms with Crippen LogP contribution in [0.2, 0.25) is 0 Å². The molecule has 0 saturated heterocycles. The largest absolute Gasteiger partial charge is 0.481 e. The lowest BCUT2D eigenvalue weighted by Crippen LogP contribution is -1.98. The van der Waals surface area contributed by atoms with Gasteiger partial charge in [-0.1, -0.05) is 19.4 Å². The van der Waals surface area contributed by atoms with Gasteiger partial charge in [0.25, 0.3) is 0 Å². The lowest BCUT2D eigenvalue weighted by atomic mass is 9.98. The highest BCUT2D eigenvalue weighted by molar-refractivity contribution is 5.71. The van der Waals surface area contributed by atoms with E-state index in [0.29, 0.717) is 5.92 Å². The van der Waals surface area contributed by atoms with E-state index in [1.54, 1.807) is 6.92 Å². The summed E-state index contributed by atoms with van der Waals surface area (Å²) >= 11 is 0. The zero-order valence-corrected chi connectivity index (χ0v) is 9.53. The first-order valence-electron chi connectivity index (χ1n) is 5.40. The van der Waals surface area contributed by atoms with Gasteiger partial charge in [0.2, 0.25) is 0 Å². The van der Waals surface area contributed by atoms with E-state index in [-0.39, 0.29) is 6.42 Å². The number of carboxylic acid groups (broad SMARTS) is 1. The molecule has 0 fully saturated rings. The van der Waals surface area contributed by atoms with Crippen molar-refractivity contribution in [2.45, 2.75) is 46.0 Å². The third kappa shape index (κ3) is 9.19. The number of hydrogen-bond donors (Lipinski definition) is 1. The molecule has 0 amide bonds. The maximum Gasteiger partial charge on any atom is 0.303 e. The lowest BCUT2D eigenvalue weighted by molar-refractivity contribution is -0.137. The van der Waals surface area contributed by atoms with E-state index < -0.39 is 5.97 Å². The third-order valence-corrected chi connectivity index (χ3v) is 2.40. The van der Waals surface area contributed by atoms with Gasteiger partial charge in [0.15, 0.2) is 0 Å². The molecule has 0 aliphatic rings. The lowest BCUT2D eigenvalue weighted by Gasteiger charge is -2.08. The van der Waals surface area contributed by atoms with Crippen LogP contribution in [0.4, 0.5) is 0 Å². The number of aliphatic carboxylic acids is 1. The Morgan fingerprint density at radius 3 is 2.60 bits per heavy atom. The van der Waals surface area contributed by atoms with E-state index in [1.165, 1.54) is 0 Å². The first-order valence-corrected chi connectivity index (χ1v) is 5.40. The topological polar surface area (TPSA) is 54.4 Å². The van der Waals surface area contributed by atoms with Crippen LogP contribution >= 0.6 is 0 Å². The fourth-order valence-electron chi connectivity index (χ4n) is 1.39. The predicted octanol–water partition coefficient (Wildman–Crippen LogP) is 2.80. The van der Waals surface area contributed by atoms with Crippen molar-refractivity contribution >= 4 is 12.3 Å². The van der Waals surface area contributed by atoms with Crippen LogP contribution in [-0.4, -0.2) is 17.4 Å². The molecule has 15 heavy (non-hydrogen) atoms. The molecule has 0 aromatic carbocycles. The summed E-state index contributed by atoms with van der Waals surface area (Å²) in [6.45, 7) is 3.91. The number of allylic oxidation sites excluding steroid dienone is 2. The molecule has 0 aromatic rings. The van der Waals surface area contributed by atoms with Crippen molar-refractivity contribution in [2.24, 2.45) is 5.92 Å². The molecule has 0 heterocycles. The van der Waals surface area contributed by atoms with Gasteiger partial charge in [0.05, 0.1) is 0 Å². The molecule has 3 nitrogen and oxygen atoms in total. The van der Waals surface area contributed by atoms with E-state index in [0.717, 1.165) is 37.5 Å². The van der Waals surface area contributed by atoms with Crippen LogP contribution < -0.4 is 0 Å². The fraction of sp³-hybridized carbons (Fsp3) is 0.667. The fourth-order valence-corrected chi connectivity index (χ4v) is 1.39. The quantitative estimate of drug-likeness (QED) is 0.497. The standard InChI is InChI=1S/C12H20O3/c1-10(6-4-8-12(14)15)5-3-7-11(2)9-13/h7,9-10H,3-6,8H2,1-2H3,(H,14,15)/b11-7+. The van der Waals surface area contributed by atoms with Crippen LogP contribution in [0.5, 0.6) is 0 Å². The molecule has 0 radical (unpaired) electrons. The molecule has 1 atom stereocenters. The average Bonchev–Trinajstić information content (AvgIpc) is 2.17. The van der Waals surface area contributed by atoms with Crippen molar-refractivity contribution in [2.75, 3.05) is 0 Å². The Kier molecular flexibility index (Phi) is 7.60. The van der Waals surface area contributed by atoms with Gasteiger partial charge in [-0.05, 0) is 37.7 Å². The molecule has 0 aliphatic carbocycles. The van der Waals surface area contributed by atoms with Crippen LogP contribution in [0, 0.1) is 5.92 Å². The van der Waals surface area contributed by atoms with E-state index in [4.69, 9.17) is 5.11 Å². The van der Waals surface area contributed by atoms with Crippen molar-refractivity contribution in [3.05, 3.63) is 11.6 Å². The maximum atomic E-state index is 10.3. The summed E-state index contributed by atoms with van der Waals surface area (Å²) in [5.74, 6) is -0.195. The number of rotatable bonds is 8. The number of carboxylic acids is 1. The van der Waals surface area contributed by atoms with Crippen molar-refractivity contribution in [3.8, 4) is 0 Å². The number of hydrogen-bond acceptors (Lipinski definition) is 2. The summed E-state index contributed by atoms with van der Waals surface area (Å²) < 4.78 is 0. The van der Waals surface area contributed by atoms with Gasteiger partial charge >= 0.3 is 5.97 Å². The predicted molar refractivity (Wildman–Crippen MR) is 59.7 cm³/mol. The first-order chi connectivity index (χ1) is 7.06. The SMILES string of the molecule is C/C(C=O)=C\CCC(C)CCCC(=O)O. The third-order valence-electron chi connectivity index (χ3n) is 2.40. The van der Waals surface area contributed by atoms with Crippen molar-refractivity contribution in [3.63, 3.8) is 0 Å². The zero-order valence-electron chi connectivity index (χ0n) is 9.53. The van der Waals surface area contributed by atoms with Gasteiger partial charge < -0.3 is 5.11 Å². The van der Waals surface area contributed by atoms with E-state index in [1.807, 2.05) is 6.08 Å². The van der Waals surface area contributed by atoms with Crippen LogP contribution in [0.3, 0.4) is 0 Å². The van der Waals surface area contributed by atoms with Crippen LogP contribution in [0.15, 0.2) is 11.6 Å². The summed E-state index contributed by atoms with van der Waals surface area (Å²) in [5.41, 5.74) is 0.771. The Hall–Kier alpha value is -1.12. The molecule has 0 bridgehead atoms. The zero-order chi connectivity index (χ0) is 11.7. The molecular formula is C12H20O3. The molecule has 1 unspecified atom stereocenters. The smallest absolute Gasteiger partial charge is 0.303 e. The Labute approximate surface area is 91.2 Å². The summed E-state index contributed by atoms with van der Waals surface area (Å²) in [7, 11) is 0. The first kappa shape index (κ1) is 13.9. The highest BCUT2D eigenvalue weighted by Gasteiger charge is 2.03. The van der Waals surface area contributed by atoms with E-state index >= 15 is 0 Å². The highest BCUT2D eigenvalue weighted by atomic mass is 16.4. The van der Waals surface area contributed by atoms with Crippen molar-refractivity contribution in [1.29, 1.82) is 0 Å². The Morgan fingerprint density at radius 2 is 2.07 bits per heavy atom. The molecule has 0 aliphatic heterocycles. The molecule has 1 N–H and O–H groups in total. The summed E-state index contributed by atoms with van der Waals surface area (Å²) in [6.07, 6.45) is 6.65. The minimum absolute atomic E-state index is 0.257. The summed E-state index contributed by atoms with van der Waals surface area (Å²) in [6, 6.07) is 0. The molecular weight excluding hydrogens is 192 g/mol. The van der Waals surface area contributed by atoms with Crippen LogP contribution in [0.25, 0.3) is 0 Å². The van der Waals surface area contributed by atoms with Gasteiger partial charge in [-0.25, -0.2) is 0 Å². The van der Waals surface area contributed by atoms with Gasteiger partial charge in [0, 0.05) is 6.42 Å². The van der Waals surface area contributed by atoms with E-state index in [2.05, 4.69) is 6.92 Å². The Morgan fingerprint density at radius 1 is 1.40 bits per heavy atom. The van der Waals surface area contributed by atoms with Gasteiger partial charge in [0.1, 0.15) is 6.29 Å². The average molecular weight is 212 g/mol. The summed E-state index contributed by atoms with van der Waals surface area (Å²) in [5, 5.41) is 8.46. The number of carbonyl (C=O) groups excluding carboxylic acids is 1. The van der Waals surface area contributed by atoms with Crippen molar-refractivity contribution < 1.29 is 14.7 Å². The second-order valence-electron chi connectivity index (χ2n) is 4.03. The molecule has 0 saturated carbocycles. The monoisotopic (exact) mass is 212 g/mol. The number of carbonyl (C=O) groups is 2. The molecule has 0 aromatic heterocycles. The maximum absolute atomic E-state index is 10.3. The second-order valence-corrected chi connectivity index (χ2v) is 4.03. The molecule has 0 spiro atoms. The Balaban J connectivity index is 3.53. The van der Waals surface area contributed by atoms with Crippen molar-refractivity contribution in [1.82, 2.24) is 0 Å². The Bertz CT molecular complexity index is 231. The van der Waals surface area contributed by atoms with Gasteiger partial charge in [-0.3, -0.25) is 9.59 Å². The minimum Gasteiger partial charge on any atom is -0.481 e. The molecule has 86 valence electrons. The van der Waals surface area contributed by atoms with E-state index in [9.17, 15) is 9.59 Å². The molecule has 0 rings (SSSR count).